The molecule has 0 unspecified atom stereocenters. The van der Waals surface area contributed by atoms with Crippen LogP contribution in [-0.4, -0.2) is 25.5 Å². The quantitative estimate of drug-likeness (QED) is 0.354. The van der Waals surface area contributed by atoms with Crippen LogP contribution in [0, 0.1) is 0 Å². The molecule has 2 aromatic rings. The van der Waals surface area contributed by atoms with E-state index in [4.69, 9.17) is 10.2 Å². The molecule has 4 N–H and O–H groups in total. The maximum atomic E-state index is 11.0. The summed E-state index contributed by atoms with van der Waals surface area (Å²) in [5.74, 6) is 0.860. The molecule has 0 saturated carbocycles. The van der Waals surface area contributed by atoms with Gasteiger partial charge >= 0.3 is 0 Å². The molecule has 136 valence electrons. The van der Waals surface area contributed by atoms with E-state index < -0.39 is 5.91 Å². The molecule has 0 aliphatic rings. The fourth-order valence-corrected chi connectivity index (χ4v) is 2.29. The lowest BCUT2D eigenvalue weighted by atomic mass is 9.85. The molecule has 2 rings (SSSR count). The van der Waals surface area contributed by atoms with Gasteiger partial charge in [0.25, 0.3) is 5.91 Å². The highest BCUT2D eigenvalue weighted by molar-refractivity contribution is 14.0. The summed E-state index contributed by atoms with van der Waals surface area (Å²) >= 11 is 0. The molecule has 6 nitrogen and oxygen atoms in total. The van der Waals surface area contributed by atoms with Gasteiger partial charge in [0.15, 0.2) is 11.7 Å². The highest BCUT2D eigenvalue weighted by Gasteiger charge is 2.20. The van der Waals surface area contributed by atoms with Crippen LogP contribution in [0.15, 0.2) is 51.9 Å². The van der Waals surface area contributed by atoms with Crippen molar-refractivity contribution in [3.8, 4) is 0 Å². The largest absolute Gasteiger partial charge is 0.454 e. The summed E-state index contributed by atoms with van der Waals surface area (Å²) in [7, 11) is 1.71. The third kappa shape index (κ3) is 6.08. The van der Waals surface area contributed by atoms with E-state index in [1.54, 1.807) is 19.2 Å². The van der Waals surface area contributed by atoms with Crippen molar-refractivity contribution in [2.75, 3.05) is 13.6 Å². The van der Waals surface area contributed by atoms with Gasteiger partial charge in [-0.25, -0.2) is 0 Å². The van der Waals surface area contributed by atoms with Gasteiger partial charge in [-0.1, -0.05) is 44.2 Å². The van der Waals surface area contributed by atoms with Crippen molar-refractivity contribution >= 4 is 35.8 Å². The molecule has 1 amide bonds. The molecule has 25 heavy (non-hydrogen) atoms. The van der Waals surface area contributed by atoms with Gasteiger partial charge in [-0.2, -0.15) is 0 Å². The van der Waals surface area contributed by atoms with E-state index in [-0.39, 0.29) is 35.2 Å². The SMILES string of the molecule is CN=C(NCc1ccc(C(N)=O)o1)NCC(C)(C)c1ccccc1.I. The zero-order chi connectivity index (χ0) is 17.6. The number of primary amides is 1. The molecule has 1 aromatic carbocycles. The van der Waals surface area contributed by atoms with Crippen molar-refractivity contribution in [3.63, 3.8) is 0 Å². The minimum absolute atomic E-state index is 0. The maximum absolute atomic E-state index is 11.0. The number of nitrogens with one attached hydrogen (secondary N) is 2. The molecule has 0 saturated heterocycles. The van der Waals surface area contributed by atoms with E-state index in [1.165, 1.54) is 5.56 Å². The summed E-state index contributed by atoms with van der Waals surface area (Å²) in [5, 5.41) is 6.47. The van der Waals surface area contributed by atoms with Crippen LogP contribution in [0.2, 0.25) is 0 Å². The van der Waals surface area contributed by atoms with Crippen LogP contribution in [0.3, 0.4) is 0 Å². The number of carbonyl (C=O) groups is 1. The summed E-state index contributed by atoms with van der Waals surface area (Å²) in [5.41, 5.74) is 6.39. The highest BCUT2D eigenvalue weighted by atomic mass is 127. The zero-order valence-electron chi connectivity index (χ0n) is 14.7. The highest BCUT2D eigenvalue weighted by Crippen LogP contribution is 2.21. The molecule has 0 fully saturated rings. The molecule has 0 bridgehead atoms. The molecule has 1 aromatic heterocycles. The van der Waals surface area contributed by atoms with E-state index >= 15 is 0 Å². The standard InChI is InChI=1S/C18H24N4O2.HI/c1-18(2,13-7-5-4-6-8-13)12-22-17(20-3)21-11-14-9-10-15(24-14)16(19)23;/h4-10H,11-12H2,1-3H3,(H2,19,23)(H2,20,21,22);1H. The lowest BCUT2D eigenvalue weighted by Gasteiger charge is -2.26. The van der Waals surface area contributed by atoms with Gasteiger partial charge in [0, 0.05) is 19.0 Å². The van der Waals surface area contributed by atoms with Crippen molar-refractivity contribution in [2.24, 2.45) is 10.7 Å². The van der Waals surface area contributed by atoms with Crippen LogP contribution in [-0.2, 0) is 12.0 Å². The molecule has 0 radical (unpaired) electrons. The van der Waals surface area contributed by atoms with Gasteiger partial charge in [-0.05, 0) is 17.7 Å². The molecule has 0 aliphatic carbocycles. The van der Waals surface area contributed by atoms with Crippen molar-refractivity contribution in [2.45, 2.75) is 25.8 Å². The van der Waals surface area contributed by atoms with E-state index in [2.05, 4.69) is 41.6 Å². The first-order chi connectivity index (χ1) is 11.4. The monoisotopic (exact) mass is 456 g/mol. The number of nitrogens with zero attached hydrogens (tertiary/aromatic N) is 1. The van der Waals surface area contributed by atoms with Crippen LogP contribution >= 0.6 is 24.0 Å². The molecule has 0 aliphatic heterocycles. The minimum Gasteiger partial charge on any atom is -0.454 e. The second kappa shape index (κ2) is 9.45. The fraction of sp³-hybridized carbons (Fsp3) is 0.333. The summed E-state index contributed by atoms with van der Waals surface area (Å²) < 4.78 is 5.33. The maximum Gasteiger partial charge on any atom is 0.284 e. The van der Waals surface area contributed by atoms with E-state index in [0.717, 1.165) is 6.54 Å². The number of rotatable bonds is 6. The third-order valence-electron chi connectivity index (χ3n) is 3.81. The van der Waals surface area contributed by atoms with E-state index in [0.29, 0.717) is 18.3 Å². The smallest absolute Gasteiger partial charge is 0.284 e. The summed E-state index contributed by atoms with van der Waals surface area (Å²) in [4.78, 5) is 15.2. The van der Waals surface area contributed by atoms with E-state index in [9.17, 15) is 4.79 Å². The Morgan fingerprint density at radius 2 is 1.84 bits per heavy atom. The molecule has 1 heterocycles. The summed E-state index contributed by atoms with van der Waals surface area (Å²) in [6.45, 7) is 5.49. The number of hydrogen-bond donors (Lipinski definition) is 3. The molecule has 0 atom stereocenters. The number of amides is 1. The Labute approximate surface area is 165 Å². The lowest BCUT2D eigenvalue weighted by Crippen LogP contribution is -2.43. The third-order valence-corrected chi connectivity index (χ3v) is 3.81. The summed E-state index contributed by atoms with van der Waals surface area (Å²) in [6, 6.07) is 13.6. The van der Waals surface area contributed by atoms with Gasteiger partial charge in [-0.3, -0.25) is 9.79 Å². The molecule has 7 heteroatoms. The predicted molar refractivity (Wildman–Crippen MR) is 110 cm³/mol. The van der Waals surface area contributed by atoms with Crippen molar-refractivity contribution in [1.82, 2.24) is 10.6 Å². The number of guanidine groups is 1. The Morgan fingerprint density at radius 3 is 2.40 bits per heavy atom. The first kappa shape index (κ1) is 21.0. The Hall–Kier alpha value is -2.03. The topological polar surface area (TPSA) is 92.6 Å². The Bertz CT molecular complexity index is 711. The second-order valence-corrected chi connectivity index (χ2v) is 6.16. The molecular weight excluding hydrogens is 431 g/mol. The predicted octanol–water partition coefficient (Wildman–Crippen LogP) is 2.64. The average Bonchev–Trinajstić information content (AvgIpc) is 3.05. The van der Waals surface area contributed by atoms with Crippen LogP contribution in [0.25, 0.3) is 0 Å². The number of furan rings is 1. The Morgan fingerprint density at radius 1 is 1.16 bits per heavy atom. The Kier molecular flexibility index (Phi) is 7.95. The van der Waals surface area contributed by atoms with Gasteiger partial charge in [0.2, 0.25) is 0 Å². The van der Waals surface area contributed by atoms with Gasteiger partial charge < -0.3 is 20.8 Å². The number of carbonyl (C=O) groups excluding carboxylic acids is 1. The lowest BCUT2D eigenvalue weighted by molar-refractivity contribution is 0.0972. The van der Waals surface area contributed by atoms with Crippen LogP contribution in [0.1, 0.15) is 35.7 Å². The number of halogens is 1. The van der Waals surface area contributed by atoms with Crippen LogP contribution in [0.5, 0.6) is 0 Å². The normalized spacial score (nSPS) is 11.6. The zero-order valence-corrected chi connectivity index (χ0v) is 17.0. The summed E-state index contributed by atoms with van der Waals surface area (Å²) in [6.07, 6.45) is 0. The molecular formula is C18H25IN4O2. The van der Waals surface area contributed by atoms with Crippen molar-refractivity contribution in [1.29, 1.82) is 0 Å². The average molecular weight is 456 g/mol. The minimum atomic E-state index is -0.576. The van der Waals surface area contributed by atoms with Crippen molar-refractivity contribution < 1.29 is 9.21 Å². The van der Waals surface area contributed by atoms with Gasteiger partial charge in [0.05, 0.1) is 6.54 Å². The Balaban J connectivity index is 0.00000312. The van der Waals surface area contributed by atoms with Crippen LogP contribution in [0.4, 0.5) is 0 Å². The van der Waals surface area contributed by atoms with Crippen molar-refractivity contribution in [3.05, 3.63) is 59.5 Å². The number of nitrogens with two attached hydrogens (primary N) is 1. The van der Waals surface area contributed by atoms with Gasteiger partial charge in [-0.15, -0.1) is 24.0 Å². The van der Waals surface area contributed by atoms with E-state index in [1.807, 2.05) is 18.2 Å². The first-order valence-corrected chi connectivity index (χ1v) is 7.81. The second-order valence-electron chi connectivity index (χ2n) is 6.16. The number of hydrogen-bond acceptors (Lipinski definition) is 3. The molecule has 0 spiro atoms. The number of aliphatic imine (C=N–C) groups is 1. The number of benzene rings is 1. The van der Waals surface area contributed by atoms with Crippen LogP contribution < -0.4 is 16.4 Å². The first-order valence-electron chi connectivity index (χ1n) is 7.81. The fourth-order valence-electron chi connectivity index (χ4n) is 2.29. The van der Waals surface area contributed by atoms with Gasteiger partial charge in [0.1, 0.15) is 5.76 Å².